The Kier molecular flexibility index (Phi) is 3.40. The first kappa shape index (κ1) is 12.4. The van der Waals surface area contributed by atoms with Crippen LogP contribution in [0.2, 0.25) is 0 Å². The number of hydrogen-bond acceptors (Lipinski definition) is 4. The fraction of sp³-hybridized carbons (Fsp3) is 0.500. The quantitative estimate of drug-likeness (QED) is 0.850. The summed E-state index contributed by atoms with van der Waals surface area (Å²) in [6, 6.07) is 5.53. The van der Waals surface area contributed by atoms with Crippen LogP contribution in [0.15, 0.2) is 23.1 Å². The van der Waals surface area contributed by atoms with E-state index in [0.717, 1.165) is 24.2 Å². The van der Waals surface area contributed by atoms with Crippen molar-refractivity contribution in [2.24, 2.45) is 0 Å². The predicted molar refractivity (Wildman–Crippen MR) is 69.2 cm³/mol. The lowest BCUT2D eigenvalue weighted by atomic mass is 10.2. The smallest absolute Gasteiger partial charge is 0.182 e. The van der Waals surface area contributed by atoms with Gasteiger partial charge in [-0.05, 0) is 44.6 Å². The molecule has 2 N–H and O–H groups in total. The van der Waals surface area contributed by atoms with Gasteiger partial charge >= 0.3 is 0 Å². The van der Waals surface area contributed by atoms with Gasteiger partial charge in [0.1, 0.15) is 0 Å². The molecule has 17 heavy (non-hydrogen) atoms. The van der Waals surface area contributed by atoms with E-state index in [0.29, 0.717) is 4.90 Å². The van der Waals surface area contributed by atoms with Gasteiger partial charge in [-0.1, -0.05) is 6.07 Å². The summed E-state index contributed by atoms with van der Waals surface area (Å²) in [5.74, 6) is 0.186. The number of fused-ring (bicyclic) bond motifs is 1. The molecule has 1 heterocycles. The van der Waals surface area contributed by atoms with Gasteiger partial charge in [0.2, 0.25) is 0 Å². The number of anilines is 1. The zero-order valence-corrected chi connectivity index (χ0v) is 11.0. The lowest BCUT2D eigenvalue weighted by Crippen LogP contribution is -2.36. The summed E-state index contributed by atoms with van der Waals surface area (Å²) < 4.78 is 24.3. The van der Waals surface area contributed by atoms with Gasteiger partial charge in [0.15, 0.2) is 9.84 Å². The molecule has 1 aromatic rings. The van der Waals surface area contributed by atoms with Crippen molar-refractivity contribution < 1.29 is 8.42 Å². The number of sulfone groups is 1. The molecule has 1 unspecified atom stereocenters. The van der Waals surface area contributed by atoms with Crippen molar-refractivity contribution >= 4 is 15.5 Å². The summed E-state index contributed by atoms with van der Waals surface area (Å²) in [4.78, 5) is 0.443. The Labute approximate surface area is 102 Å². The highest BCUT2D eigenvalue weighted by atomic mass is 32.2. The largest absolute Gasteiger partial charge is 0.380 e. The van der Waals surface area contributed by atoms with E-state index in [1.165, 1.54) is 0 Å². The van der Waals surface area contributed by atoms with Crippen molar-refractivity contribution in [2.45, 2.75) is 24.3 Å². The average Bonchev–Trinajstić information content (AvgIpc) is 2.27. The molecule has 0 spiro atoms. The molecule has 4 nitrogen and oxygen atoms in total. The van der Waals surface area contributed by atoms with Crippen LogP contribution in [0.3, 0.4) is 0 Å². The van der Waals surface area contributed by atoms with E-state index in [9.17, 15) is 8.42 Å². The van der Waals surface area contributed by atoms with Crippen LogP contribution in [-0.2, 0) is 9.84 Å². The van der Waals surface area contributed by atoms with Crippen LogP contribution in [0.25, 0.3) is 0 Å². The molecule has 5 heteroatoms. The molecule has 0 aliphatic carbocycles. The van der Waals surface area contributed by atoms with Gasteiger partial charge < -0.3 is 10.6 Å². The van der Waals surface area contributed by atoms with Crippen molar-refractivity contribution in [3.63, 3.8) is 0 Å². The number of hydrogen-bond donors (Lipinski definition) is 2. The maximum atomic E-state index is 12.1. The second-order valence-corrected chi connectivity index (χ2v) is 6.52. The summed E-state index contributed by atoms with van der Waals surface area (Å²) in [6.45, 7) is 2.72. The van der Waals surface area contributed by atoms with Gasteiger partial charge in [-0.15, -0.1) is 0 Å². The zero-order valence-electron chi connectivity index (χ0n) is 10.2. The lowest BCUT2D eigenvalue weighted by Gasteiger charge is -2.27. The number of aryl methyl sites for hydroxylation is 1. The van der Waals surface area contributed by atoms with Gasteiger partial charge in [0, 0.05) is 6.04 Å². The molecule has 1 aliphatic heterocycles. The van der Waals surface area contributed by atoms with Crippen LogP contribution in [0.1, 0.15) is 12.0 Å². The van der Waals surface area contributed by atoms with E-state index in [-0.39, 0.29) is 11.8 Å². The Hall–Kier alpha value is -1.07. The zero-order chi connectivity index (χ0) is 12.5. The van der Waals surface area contributed by atoms with E-state index >= 15 is 0 Å². The van der Waals surface area contributed by atoms with Crippen LogP contribution >= 0.6 is 0 Å². The normalized spacial score (nSPS) is 21.6. The first-order valence-electron chi connectivity index (χ1n) is 5.77. The number of nitrogens with one attached hydrogen (secondary N) is 2. The first-order valence-corrected chi connectivity index (χ1v) is 7.43. The Morgan fingerprint density at radius 2 is 2.24 bits per heavy atom. The fourth-order valence-electron chi connectivity index (χ4n) is 2.10. The Bertz CT molecular complexity index is 511. The standard InChI is InChI=1S/C12H18N2O2S/c1-9-3-4-11-12(7-9)17(15,16)8-10(14-11)5-6-13-2/h3-4,7,10,13-14H,5-6,8H2,1-2H3. The molecule has 0 amide bonds. The monoisotopic (exact) mass is 254 g/mol. The minimum Gasteiger partial charge on any atom is -0.380 e. The van der Waals surface area contributed by atoms with Gasteiger partial charge in [-0.25, -0.2) is 8.42 Å². The Morgan fingerprint density at radius 3 is 2.94 bits per heavy atom. The topological polar surface area (TPSA) is 58.2 Å². The molecule has 0 saturated heterocycles. The van der Waals surface area contributed by atoms with Crippen LogP contribution < -0.4 is 10.6 Å². The van der Waals surface area contributed by atoms with Crippen molar-refractivity contribution in [1.82, 2.24) is 5.32 Å². The third-order valence-corrected chi connectivity index (χ3v) is 4.84. The maximum Gasteiger partial charge on any atom is 0.182 e. The third-order valence-electron chi connectivity index (χ3n) is 3.00. The summed E-state index contributed by atoms with van der Waals surface area (Å²) in [5.41, 5.74) is 1.71. The fourth-order valence-corrected chi connectivity index (χ4v) is 3.88. The highest BCUT2D eigenvalue weighted by molar-refractivity contribution is 7.91. The Balaban J connectivity index is 2.31. The molecular weight excluding hydrogens is 236 g/mol. The van der Waals surface area contributed by atoms with Crippen molar-refractivity contribution in [3.05, 3.63) is 23.8 Å². The molecule has 2 rings (SSSR count). The molecule has 1 atom stereocenters. The lowest BCUT2D eigenvalue weighted by molar-refractivity contribution is 0.575. The van der Waals surface area contributed by atoms with Gasteiger partial charge in [0.05, 0.1) is 16.3 Å². The average molecular weight is 254 g/mol. The van der Waals surface area contributed by atoms with Crippen molar-refractivity contribution in [3.8, 4) is 0 Å². The second-order valence-electron chi connectivity index (χ2n) is 4.51. The first-order chi connectivity index (χ1) is 8.03. The molecular formula is C12H18N2O2S. The van der Waals surface area contributed by atoms with Gasteiger partial charge in [-0.2, -0.15) is 0 Å². The van der Waals surface area contributed by atoms with Crippen LogP contribution in [0, 0.1) is 6.92 Å². The minimum atomic E-state index is -3.13. The van der Waals surface area contributed by atoms with Crippen LogP contribution in [0.4, 0.5) is 5.69 Å². The van der Waals surface area contributed by atoms with E-state index in [2.05, 4.69) is 10.6 Å². The highest BCUT2D eigenvalue weighted by Gasteiger charge is 2.29. The van der Waals surface area contributed by atoms with E-state index < -0.39 is 9.84 Å². The molecule has 0 aromatic heterocycles. The summed E-state index contributed by atoms with van der Waals surface area (Å²) in [5, 5.41) is 6.34. The van der Waals surface area contributed by atoms with Crippen LogP contribution in [0.5, 0.6) is 0 Å². The Morgan fingerprint density at radius 1 is 1.47 bits per heavy atom. The highest BCUT2D eigenvalue weighted by Crippen LogP contribution is 2.29. The number of benzene rings is 1. The molecule has 0 fully saturated rings. The maximum absolute atomic E-state index is 12.1. The predicted octanol–water partition coefficient (Wildman–Crippen LogP) is 1.17. The minimum absolute atomic E-state index is 0.00246. The van der Waals surface area contributed by atoms with E-state index in [1.54, 1.807) is 6.07 Å². The molecule has 1 aromatic carbocycles. The number of rotatable bonds is 3. The van der Waals surface area contributed by atoms with Crippen molar-refractivity contribution in [2.75, 3.05) is 24.7 Å². The molecule has 0 radical (unpaired) electrons. The molecule has 94 valence electrons. The van der Waals surface area contributed by atoms with E-state index in [4.69, 9.17) is 0 Å². The molecule has 1 aliphatic rings. The summed E-state index contributed by atoms with van der Waals surface area (Å²) in [6.07, 6.45) is 0.809. The second kappa shape index (κ2) is 4.66. The van der Waals surface area contributed by atoms with Crippen LogP contribution in [-0.4, -0.2) is 33.8 Å². The van der Waals surface area contributed by atoms with Crippen molar-refractivity contribution in [1.29, 1.82) is 0 Å². The SMILES string of the molecule is CNCCC1CS(=O)(=O)c2cc(C)ccc2N1. The molecule has 0 saturated carbocycles. The van der Waals surface area contributed by atoms with Gasteiger partial charge in [-0.3, -0.25) is 0 Å². The molecule has 0 bridgehead atoms. The summed E-state index contributed by atoms with van der Waals surface area (Å²) in [7, 11) is -1.26. The van der Waals surface area contributed by atoms with E-state index in [1.807, 2.05) is 26.1 Å². The summed E-state index contributed by atoms with van der Waals surface area (Å²) >= 11 is 0. The van der Waals surface area contributed by atoms with Gasteiger partial charge in [0.25, 0.3) is 0 Å². The third kappa shape index (κ3) is 2.61.